The summed E-state index contributed by atoms with van der Waals surface area (Å²) in [6, 6.07) is 0. The van der Waals surface area contributed by atoms with Crippen molar-refractivity contribution >= 4 is 11.9 Å². The Morgan fingerprint density at radius 3 is 2.68 bits per heavy atom. The van der Waals surface area contributed by atoms with Gasteiger partial charge in [0.1, 0.15) is 11.7 Å². The average molecular weight is 346 g/mol. The third kappa shape index (κ3) is 2.20. The van der Waals surface area contributed by atoms with E-state index in [1.165, 1.54) is 6.26 Å². The lowest BCUT2D eigenvalue weighted by Gasteiger charge is -2.48. The normalized spacial score (nSPS) is 40.2. The molecule has 6 nitrogen and oxygen atoms in total. The molecule has 25 heavy (non-hydrogen) atoms. The molecule has 1 saturated carbocycles. The number of cyclic esters (lactones) is 1. The molecule has 0 aromatic carbocycles. The van der Waals surface area contributed by atoms with Crippen molar-refractivity contribution in [1.29, 1.82) is 0 Å². The lowest BCUT2D eigenvalue weighted by atomic mass is 9.62. The number of hydrogen-bond donors (Lipinski definition) is 1. The molecule has 2 heterocycles. The predicted octanol–water partition coefficient (Wildman–Crippen LogP) is 2.14. The van der Waals surface area contributed by atoms with Gasteiger partial charge in [-0.2, -0.15) is 0 Å². The number of carbonyl (C=O) groups is 2. The summed E-state index contributed by atoms with van der Waals surface area (Å²) in [4.78, 5) is 23.7. The van der Waals surface area contributed by atoms with Gasteiger partial charge in [-0.25, -0.2) is 9.59 Å². The maximum Gasteiger partial charge on any atom is 0.338 e. The molecule has 1 saturated heterocycles. The van der Waals surface area contributed by atoms with Crippen LogP contribution in [-0.4, -0.2) is 35.0 Å². The fourth-order valence-electron chi connectivity index (χ4n) is 4.45. The second-order valence-corrected chi connectivity index (χ2v) is 7.88. The van der Waals surface area contributed by atoms with Crippen LogP contribution in [0.5, 0.6) is 0 Å². The first-order valence-electron chi connectivity index (χ1n) is 8.63. The Labute approximate surface area is 146 Å². The largest absolute Gasteiger partial charge is 0.458 e. The third-order valence-electron chi connectivity index (χ3n) is 5.98. The van der Waals surface area contributed by atoms with Crippen molar-refractivity contribution < 1.29 is 28.9 Å². The Balaban J connectivity index is 1.61. The molecule has 4 aliphatic rings. The van der Waals surface area contributed by atoms with E-state index in [1.54, 1.807) is 13.0 Å². The topological polar surface area (TPSA) is 82.1 Å². The molecular weight excluding hydrogens is 324 g/mol. The standard InChI is InChI=1S/C19H22O6/c1-10-7-14(24-16(10)20)23-9-13-12-8-11-5-4-6-18(2,3)19(11,22)15(12)25-17(13)21/h7-9,12,14-15,22H,4-6H2,1-3H3/b13-9-/t12-,14-,15+,19+/m1/s1. The number of aliphatic hydroxyl groups is 1. The highest BCUT2D eigenvalue weighted by molar-refractivity contribution is 5.93. The van der Waals surface area contributed by atoms with Gasteiger partial charge in [-0.3, -0.25) is 0 Å². The summed E-state index contributed by atoms with van der Waals surface area (Å²) in [5, 5.41) is 11.4. The van der Waals surface area contributed by atoms with Crippen molar-refractivity contribution in [3.8, 4) is 0 Å². The molecule has 4 atom stereocenters. The van der Waals surface area contributed by atoms with Crippen molar-refractivity contribution in [2.24, 2.45) is 11.3 Å². The quantitative estimate of drug-likeness (QED) is 0.357. The molecule has 0 aromatic heterocycles. The lowest BCUT2D eigenvalue weighted by Crippen LogP contribution is -2.55. The SMILES string of the molecule is CC1=C[C@H](O/C=C2\C(=O)O[C@H]3[C@@H]2C=C2CCCC(C)(C)[C@]23O)OC1=O. The summed E-state index contributed by atoms with van der Waals surface area (Å²) < 4.78 is 16.0. The van der Waals surface area contributed by atoms with Gasteiger partial charge in [0, 0.05) is 17.1 Å². The van der Waals surface area contributed by atoms with Crippen LogP contribution in [0, 0.1) is 11.3 Å². The fourth-order valence-corrected chi connectivity index (χ4v) is 4.45. The number of fused-ring (bicyclic) bond motifs is 3. The van der Waals surface area contributed by atoms with Gasteiger partial charge < -0.3 is 19.3 Å². The second kappa shape index (κ2) is 5.21. The molecule has 1 N–H and O–H groups in total. The van der Waals surface area contributed by atoms with Gasteiger partial charge in [0.25, 0.3) is 6.29 Å². The number of esters is 2. The Hall–Kier alpha value is -2.08. The molecule has 0 amide bonds. The van der Waals surface area contributed by atoms with Crippen LogP contribution in [-0.2, 0) is 23.8 Å². The Morgan fingerprint density at radius 1 is 1.24 bits per heavy atom. The van der Waals surface area contributed by atoms with E-state index < -0.39 is 29.9 Å². The van der Waals surface area contributed by atoms with Crippen molar-refractivity contribution in [1.82, 2.24) is 0 Å². The van der Waals surface area contributed by atoms with Crippen LogP contribution in [0.3, 0.4) is 0 Å². The van der Waals surface area contributed by atoms with E-state index in [0.29, 0.717) is 11.1 Å². The monoisotopic (exact) mass is 346 g/mol. The molecule has 6 heteroatoms. The minimum absolute atomic E-state index is 0.341. The first-order chi connectivity index (χ1) is 11.7. The van der Waals surface area contributed by atoms with E-state index in [9.17, 15) is 14.7 Å². The van der Waals surface area contributed by atoms with Crippen LogP contribution in [0.2, 0.25) is 0 Å². The zero-order chi connectivity index (χ0) is 18.0. The van der Waals surface area contributed by atoms with Gasteiger partial charge in [0.05, 0.1) is 17.8 Å². The smallest absolute Gasteiger partial charge is 0.338 e. The molecule has 134 valence electrons. The number of carbonyl (C=O) groups excluding carboxylic acids is 2. The molecule has 0 aromatic rings. The van der Waals surface area contributed by atoms with Crippen LogP contribution in [0.25, 0.3) is 0 Å². The van der Waals surface area contributed by atoms with E-state index >= 15 is 0 Å². The third-order valence-corrected chi connectivity index (χ3v) is 5.98. The number of hydrogen-bond acceptors (Lipinski definition) is 6. The highest BCUT2D eigenvalue weighted by atomic mass is 16.7. The molecule has 2 aliphatic heterocycles. The highest BCUT2D eigenvalue weighted by Gasteiger charge is 2.64. The predicted molar refractivity (Wildman–Crippen MR) is 86.8 cm³/mol. The van der Waals surface area contributed by atoms with Crippen LogP contribution >= 0.6 is 0 Å². The Morgan fingerprint density at radius 2 is 2.00 bits per heavy atom. The van der Waals surface area contributed by atoms with E-state index in [2.05, 4.69) is 0 Å². The van der Waals surface area contributed by atoms with Crippen LogP contribution in [0.4, 0.5) is 0 Å². The fraction of sp³-hybridized carbons (Fsp3) is 0.579. The zero-order valence-corrected chi connectivity index (χ0v) is 14.6. The van der Waals surface area contributed by atoms with Crippen molar-refractivity contribution in [3.05, 3.63) is 35.1 Å². The van der Waals surface area contributed by atoms with Crippen LogP contribution in [0.1, 0.15) is 40.0 Å². The highest BCUT2D eigenvalue weighted by Crippen LogP contribution is 2.57. The minimum Gasteiger partial charge on any atom is -0.458 e. The number of ether oxygens (including phenoxy) is 3. The molecule has 0 bridgehead atoms. The van der Waals surface area contributed by atoms with Gasteiger partial charge in [0.2, 0.25) is 0 Å². The van der Waals surface area contributed by atoms with E-state index in [1.807, 2.05) is 19.9 Å². The molecule has 0 spiro atoms. The van der Waals surface area contributed by atoms with Gasteiger partial charge in [-0.15, -0.1) is 0 Å². The number of rotatable bonds is 2. The maximum absolute atomic E-state index is 12.3. The maximum atomic E-state index is 12.3. The van der Waals surface area contributed by atoms with Gasteiger partial charge in [-0.1, -0.05) is 19.9 Å². The minimum atomic E-state index is -1.14. The lowest BCUT2D eigenvalue weighted by molar-refractivity contribution is -0.164. The van der Waals surface area contributed by atoms with Crippen molar-refractivity contribution in [3.63, 3.8) is 0 Å². The molecule has 2 aliphatic carbocycles. The molecule has 0 unspecified atom stereocenters. The molecule has 4 rings (SSSR count). The van der Waals surface area contributed by atoms with Gasteiger partial charge >= 0.3 is 11.9 Å². The first kappa shape index (κ1) is 16.4. The summed E-state index contributed by atoms with van der Waals surface area (Å²) in [7, 11) is 0. The summed E-state index contributed by atoms with van der Waals surface area (Å²) in [5.41, 5.74) is 0.261. The van der Waals surface area contributed by atoms with Gasteiger partial charge in [0.15, 0.2) is 0 Å². The van der Waals surface area contributed by atoms with Crippen molar-refractivity contribution in [2.75, 3.05) is 0 Å². The average Bonchev–Trinajstić information content (AvgIpc) is 3.11. The van der Waals surface area contributed by atoms with Gasteiger partial charge in [-0.05, 0) is 31.8 Å². The molecular formula is C19H22O6. The summed E-state index contributed by atoms with van der Waals surface area (Å²) in [6.07, 6.45) is 6.05. The summed E-state index contributed by atoms with van der Waals surface area (Å²) in [5.74, 6) is -1.27. The summed E-state index contributed by atoms with van der Waals surface area (Å²) >= 11 is 0. The van der Waals surface area contributed by atoms with E-state index in [-0.39, 0.29) is 11.3 Å². The first-order valence-corrected chi connectivity index (χ1v) is 8.63. The Kier molecular flexibility index (Phi) is 3.41. The summed E-state index contributed by atoms with van der Waals surface area (Å²) in [6.45, 7) is 5.67. The Bertz CT molecular complexity index is 743. The second-order valence-electron chi connectivity index (χ2n) is 7.88. The van der Waals surface area contributed by atoms with Crippen LogP contribution < -0.4 is 0 Å². The zero-order valence-electron chi connectivity index (χ0n) is 14.6. The van der Waals surface area contributed by atoms with E-state index in [4.69, 9.17) is 14.2 Å². The molecule has 0 radical (unpaired) electrons. The van der Waals surface area contributed by atoms with Crippen LogP contribution in [0.15, 0.2) is 35.1 Å². The van der Waals surface area contributed by atoms with E-state index in [0.717, 1.165) is 24.8 Å². The molecule has 2 fully saturated rings. The van der Waals surface area contributed by atoms with Crippen molar-refractivity contribution in [2.45, 2.75) is 58.0 Å².